The molecule has 0 radical (unpaired) electrons. The molecule has 0 saturated carbocycles. The topological polar surface area (TPSA) is 82.5 Å². The highest BCUT2D eigenvalue weighted by atomic mass is 16.4. The summed E-state index contributed by atoms with van der Waals surface area (Å²) in [6.45, 7) is 3.21. The van der Waals surface area contributed by atoms with Crippen LogP contribution in [0.25, 0.3) is 0 Å². The van der Waals surface area contributed by atoms with Gasteiger partial charge in [0.2, 0.25) is 0 Å². The number of fused-ring (bicyclic) bond motifs is 1. The summed E-state index contributed by atoms with van der Waals surface area (Å²) in [5.74, 6) is -1.34. The van der Waals surface area contributed by atoms with Crippen molar-refractivity contribution in [3.63, 3.8) is 0 Å². The molecule has 3 rings (SSSR count). The van der Waals surface area contributed by atoms with Gasteiger partial charge in [-0.2, -0.15) is 0 Å². The number of rotatable bonds is 5. The minimum absolute atomic E-state index is 0.0708. The summed E-state index contributed by atoms with van der Waals surface area (Å²) in [6, 6.07) is 11.2. The van der Waals surface area contributed by atoms with Crippen LogP contribution in [0.1, 0.15) is 32.0 Å². The van der Waals surface area contributed by atoms with E-state index in [4.69, 9.17) is 5.11 Å². The van der Waals surface area contributed by atoms with Crippen molar-refractivity contribution in [2.24, 2.45) is 0 Å². The van der Waals surface area contributed by atoms with Gasteiger partial charge in [0.05, 0.1) is 5.56 Å². The third kappa shape index (κ3) is 3.78. The molecule has 1 aromatic heterocycles. The lowest BCUT2D eigenvalue weighted by molar-refractivity contribution is 0.0689. The lowest BCUT2D eigenvalue weighted by Gasteiger charge is -2.28. The molecule has 2 heterocycles. The maximum absolute atomic E-state index is 12.0. The predicted molar refractivity (Wildman–Crippen MR) is 89.0 cm³/mol. The van der Waals surface area contributed by atoms with E-state index in [0.717, 1.165) is 26.1 Å². The fourth-order valence-corrected chi connectivity index (χ4v) is 2.83. The van der Waals surface area contributed by atoms with E-state index in [9.17, 15) is 9.59 Å². The van der Waals surface area contributed by atoms with Crippen molar-refractivity contribution in [1.29, 1.82) is 0 Å². The molecule has 6 nitrogen and oxygen atoms in total. The standard InChI is InChI=1S/C18H19N3O3/c22-17(14-5-6-16(18(23)24)20-11-14)19-8-10-21-9-7-13-3-1-2-4-15(13)12-21/h1-6,11H,7-10,12H2,(H,19,22)(H,23,24). The van der Waals surface area contributed by atoms with Gasteiger partial charge < -0.3 is 10.4 Å². The van der Waals surface area contributed by atoms with Gasteiger partial charge in [0.15, 0.2) is 0 Å². The third-order valence-corrected chi connectivity index (χ3v) is 4.17. The van der Waals surface area contributed by atoms with E-state index in [-0.39, 0.29) is 11.6 Å². The Balaban J connectivity index is 1.48. The largest absolute Gasteiger partial charge is 0.477 e. The molecule has 0 bridgehead atoms. The summed E-state index contributed by atoms with van der Waals surface area (Å²) >= 11 is 0. The number of amides is 1. The molecule has 6 heteroatoms. The third-order valence-electron chi connectivity index (χ3n) is 4.17. The Morgan fingerprint density at radius 3 is 2.67 bits per heavy atom. The second-order valence-corrected chi connectivity index (χ2v) is 5.79. The average Bonchev–Trinajstić information content (AvgIpc) is 2.61. The maximum Gasteiger partial charge on any atom is 0.354 e. The van der Waals surface area contributed by atoms with Gasteiger partial charge in [-0.1, -0.05) is 24.3 Å². The SMILES string of the molecule is O=C(NCCN1CCc2ccccc2C1)c1ccc(C(=O)O)nc1. The Hall–Kier alpha value is -2.73. The molecule has 0 unspecified atom stereocenters. The number of hydrogen-bond donors (Lipinski definition) is 2. The van der Waals surface area contributed by atoms with Gasteiger partial charge in [-0.25, -0.2) is 9.78 Å². The van der Waals surface area contributed by atoms with Gasteiger partial charge in [-0.3, -0.25) is 9.69 Å². The molecule has 0 spiro atoms. The van der Waals surface area contributed by atoms with Gasteiger partial charge in [0.1, 0.15) is 5.69 Å². The molecule has 124 valence electrons. The van der Waals surface area contributed by atoms with Crippen molar-refractivity contribution in [1.82, 2.24) is 15.2 Å². The van der Waals surface area contributed by atoms with Crippen LogP contribution in [0.15, 0.2) is 42.6 Å². The minimum Gasteiger partial charge on any atom is -0.477 e. The molecule has 24 heavy (non-hydrogen) atoms. The van der Waals surface area contributed by atoms with E-state index >= 15 is 0 Å². The highest BCUT2D eigenvalue weighted by molar-refractivity contribution is 5.94. The van der Waals surface area contributed by atoms with Crippen LogP contribution in [-0.2, 0) is 13.0 Å². The first kappa shape index (κ1) is 16.1. The van der Waals surface area contributed by atoms with Crippen LogP contribution in [0.2, 0.25) is 0 Å². The maximum atomic E-state index is 12.0. The van der Waals surface area contributed by atoms with Gasteiger partial charge in [0, 0.05) is 32.4 Å². The highest BCUT2D eigenvalue weighted by Gasteiger charge is 2.15. The summed E-state index contributed by atoms with van der Waals surface area (Å²) in [5, 5.41) is 11.7. The van der Waals surface area contributed by atoms with Crippen LogP contribution < -0.4 is 5.32 Å². The number of carbonyl (C=O) groups is 2. The molecule has 0 atom stereocenters. The van der Waals surface area contributed by atoms with E-state index in [1.54, 1.807) is 0 Å². The Labute approximate surface area is 140 Å². The molecule has 2 N–H and O–H groups in total. The summed E-state index contributed by atoms with van der Waals surface area (Å²) in [5.41, 5.74) is 3.05. The fraction of sp³-hybridized carbons (Fsp3) is 0.278. The van der Waals surface area contributed by atoms with Gasteiger partial charge >= 0.3 is 5.97 Å². The summed E-state index contributed by atoms with van der Waals surface area (Å²) < 4.78 is 0. The molecule has 1 aliphatic rings. The molecule has 1 aromatic carbocycles. The van der Waals surface area contributed by atoms with Crippen LogP contribution in [0, 0.1) is 0 Å². The van der Waals surface area contributed by atoms with Gasteiger partial charge in [-0.05, 0) is 29.7 Å². The normalized spacial score (nSPS) is 14.0. The van der Waals surface area contributed by atoms with Crippen molar-refractivity contribution >= 4 is 11.9 Å². The average molecular weight is 325 g/mol. The molecular formula is C18H19N3O3. The Morgan fingerprint density at radius 1 is 1.17 bits per heavy atom. The Kier molecular flexibility index (Phi) is 4.86. The van der Waals surface area contributed by atoms with Crippen LogP contribution >= 0.6 is 0 Å². The van der Waals surface area contributed by atoms with Gasteiger partial charge in [0.25, 0.3) is 5.91 Å². The number of benzene rings is 1. The molecule has 2 aromatic rings. The van der Waals surface area contributed by atoms with E-state index in [1.807, 2.05) is 0 Å². The number of carboxylic acid groups (broad SMARTS) is 1. The lowest BCUT2D eigenvalue weighted by Crippen LogP contribution is -2.37. The zero-order valence-electron chi connectivity index (χ0n) is 13.2. The number of nitrogens with one attached hydrogen (secondary N) is 1. The molecule has 1 amide bonds. The monoisotopic (exact) mass is 325 g/mol. The number of carboxylic acids is 1. The Bertz CT molecular complexity index is 743. The Morgan fingerprint density at radius 2 is 1.96 bits per heavy atom. The van der Waals surface area contributed by atoms with E-state index < -0.39 is 5.97 Å². The van der Waals surface area contributed by atoms with Crippen LogP contribution in [0.3, 0.4) is 0 Å². The highest BCUT2D eigenvalue weighted by Crippen LogP contribution is 2.17. The van der Waals surface area contributed by atoms with Crippen LogP contribution in [0.5, 0.6) is 0 Å². The first-order chi connectivity index (χ1) is 11.6. The number of pyridine rings is 1. The van der Waals surface area contributed by atoms with E-state index in [2.05, 4.69) is 39.5 Å². The lowest BCUT2D eigenvalue weighted by atomic mass is 10.00. The van der Waals surface area contributed by atoms with Crippen LogP contribution in [0.4, 0.5) is 0 Å². The molecular weight excluding hydrogens is 306 g/mol. The van der Waals surface area contributed by atoms with Crippen molar-refractivity contribution in [2.75, 3.05) is 19.6 Å². The number of nitrogens with zero attached hydrogens (tertiary/aromatic N) is 2. The molecule has 0 aliphatic carbocycles. The minimum atomic E-state index is -1.10. The van der Waals surface area contributed by atoms with Crippen molar-refractivity contribution in [3.8, 4) is 0 Å². The first-order valence-corrected chi connectivity index (χ1v) is 7.90. The van der Waals surface area contributed by atoms with E-state index in [0.29, 0.717) is 12.1 Å². The summed E-state index contributed by atoms with van der Waals surface area (Å²) in [7, 11) is 0. The predicted octanol–water partition coefficient (Wildman–Crippen LogP) is 1.57. The van der Waals surface area contributed by atoms with Gasteiger partial charge in [-0.15, -0.1) is 0 Å². The van der Waals surface area contributed by atoms with Crippen LogP contribution in [-0.4, -0.2) is 46.5 Å². The number of hydrogen-bond acceptors (Lipinski definition) is 4. The molecule has 0 saturated heterocycles. The van der Waals surface area contributed by atoms with Crippen molar-refractivity contribution < 1.29 is 14.7 Å². The van der Waals surface area contributed by atoms with Crippen molar-refractivity contribution in [2.45, 2.75) is 13.0 Å². The summed E-state index contributed by atoms with van der Waals surface area (Å²) in [6.07, 6.45) is 2.32. The molecule has 1 aliphatic heterocycles. The number of carbonyl (C=O) groups excluding carboxylic acids is 1. The summed E-state index contributed by atoms with van der Waals surface area (Å²) in [4.78, 5) is 28.9. The number of aromatic carboxylic acids is 1. The second kappa shape index (κ2) is 7.23. The smallest absolute Gasteiger partial charge is 0.354 e. The zero-order chi connectivity index (χ0) is 16.9. The second-order valence-electron chi connectivity index (χ2n) is 5.79. The first-order valence-electron chi connectivity index (χ1n) is 7.90. The quantitative estimate of drug-likeness (QED) is 0.872. The van der Waals surface area contributed by atoms with Crippen molar-refractivity contribution in [3.05, 3.63) is 65.0 Å². The number of aromatic nitrogens is 1. The van der Waals surface area contributed by atoms with E-state index in [1.165, 1.54) is 29.5 Å². The molecule has 0 fully saturated rings. The fourth-order valence-electron chi connectivity index (χ4n) is 2.83. The zero-order valence-corrected chi connectivity index (χ0v) is 13.2.